The molecule has 1 N–H and O–H groups in total. The number of rotatable bonds is 1. The predicted octanol–water partition coefficient (Wildman–Crippen LogP) is 2.64. The largest absolute Gasteiger partial charge is 0.508 e. The second-order valence-corrected chi connectivity index (χ2v) is 2.57. The SMILES string of the molecule is Oc1ccc(F)c(CC(F)(F)F)c1. The van der Waals surface area contributed by atoms with Crippen LogP contribution in [0.25, 0.3) is 0 Å². The number of hydrogen-bond donors (Lipinski definition) is 1. The van der Waals surface area contributed by atoms with E-state index in [4.69, 9.17) is 5.11 Å². The van der Waals surface area contributed by atoms with Crippen molar-refractivity contribution in [3.05, 3.63) is 29.6 Å². The van der Waals surface area contributed by atoms with Gasteiger partial charge in [-0.3, -0.25) is 0 Å². The molecule has 0 spiro atoms. The van der Waals surface area contributed by atoms with Gasteiger partial charge in [0.15, 0.2) is 0 Å². The molecule has 0 radical (unpaired) electrons. The van der Waals surface area contributed by atoms with Gasteiger partial charge in [-0.2, -0.15) is 13.2 Å². The van der Waals surface area contributed by atoms with Gasteiger partial charge in [-0.25, -0.2) is 4.39 Å². The fourth-order valence-corrected chi connectivity index (χ4v) is 0.913. The Morgan fingerprint density at radius 3 is 2.38 bits per heavy atom. The molecule has 1 aromatic rings. The Balaban J connectivity index is 2.94. The highest BCUT2D eigenvalue weighted by Gasteiger charge is 2.29. The highest BCUT2D eigenvalue weighted by Crippen LogP contribution is 2.25. The van der Waals surface area contributed by atoms with Crippen LogP contribution in [0, 0.1) is 5.82 Å². The van der Waals surface area contributed by atoms with Crippen molar-refractivity contribution in [3.63, 3.8) is 0 Å². The van der Waals surface area contributed by atoms with Crippen LogP contribution in [0.3, 0.4) is 0 Å². The number of hydrogen-bond acceptors (Lipinski definition) is 1. The molecule has 5 heteroatoms. The third kappa shape index (κ3) is 2.93. The monoisotopic (exact) mass is 194 g/mol. The van der Waals surface area contributed by atoms with Crippen molar-refractivity contribution in [2.24, 2.45) is 0 Å². The third-order valence-corrected chi connectivity index (χ3v) is 1.42. The van der Waals surface area contributed by atoms with Crippen LogP contribution in [0.4, 0.5) is 17.6 Å². The summed E-state index contributed by atoms with van der Waals surface area (Å²) < 4.78 is 48.1. The van der Waals surface area contributed by atoms with Crippen molar-refractivity contribution in [1.82, 2.24) is 0 Å². The molecule has 0 saturated carbocycles. The van der Waals surface area contributed by atoms with Crippen LogP contribution in [-0.2, 0) is 6.42 Å². The number of alkyl halides is 3. The smallest absolute Gasteiger partial charge is 0.393 e. The van der Waals surface area contributed by atoms with Gasteiger partial charge < -0.3 is 5.11 Å². The zero-order valence-corrected chi connectivity index (χ0v) is 6.40. The molecule has 0 fully saturated rings. The standard InChI is InChI=1S/C8H6F4O/c9-7-2-1-6(13)3-5(7)4-8(10,11)12/h1-3,13H,4H2. The molecule has 0 bridgehead atoms. The normalized spacial score (nSPS) is 11.7. The molecule has 1 rings (SSSR count). The first-order valence-corrected chi connectivity index (χ1v) is 3.42. The van der Waals surface area contributed by atoms with E-state index < -0.39 is 24.0 Å². The maximum absolute atomic E-state index is 12.7. The Bertz CT molecular complexity index is 306. The van der Waals surface area contributed by atoms with E-state index in [-0.39, 0.29) is 5.75 Å². The van der Waals surface area contributed by atoms with E-state index in [1.54, 1.807) is 0 Å². The van der Waals surface area contributed by atoms with Crippen LogP contribution < -0.4 is 0 Å². The summed E-state index contributed by atoms with van der Waals surface area (Å²) in [6.07, 6.45) is -5.83. The number of phenolic OH excluding ortho intramolecular Hbond substituents is 1. The van der Waals surface area contributed by atoms with E-state index in [0.717, 1.165) is 18.2 Å². The number of halogens is 4. The molecule has 1 aromatic carbocycles. The first kappa shape index (κ1) is 9.83. The Morgan fingerprint density at radius 1 is 1.23 bits per heavy atom. The Hall–Kier alpha value is -1.26. The van der Waals surface area contributed by atoms with Crippen molar-refractivity contribution in [2.45, 2.75) is 12.6 Å². The van der Waals surface area contributed by atoms with E-state index in [0.29, 0.717) is 0 Å². The summed E-state index contributed by atoms with van der Waals surface area (Å²) in [5.74, 6) is -1.34. The summed E-state index contributed by atoms with van der Waals surface area (Å²) in [7, 11) is 0. The zero-order valence-electron chi connectivity index (χ0n) is 6.40. The average molecular weight is 194 g/mol. The lowest BCUT2D eigenvalue weighted by Gasteiger charge is -2.07. The molecule has 72 valence electrons. The number of aromatic hydroxyl groups is 1. The topological polar surface area (TPSA) is 20.2 Å². The first-order chi connectivity index (χ1) is 5.88. The minimum absolute atomic E-state index is 0.374. The van der Waals surface area contributed by atoms with Gasteiger partial charge in [-0.05, 0) is 18.2 Å². The highest BCUT2D eigenvalue weighted by atomic mass is 19.4. The Kier molecular flexibility index (Phi) is 2.45. The van der Waals surface area contributed by atoms with Crippen LogP contribution in [0.5, 0.6) is 5.75 Å². The average Bonchev–Trinajstić information content (AvgIpc) is 1.94. The highest BCUT2D eigenvalue weighted by molar-refractivity contribution is 5.29. The van der Waals surface area contributed by atoms with Crippen molar-refractivity contribution >= 4 is 0 Å². The molecule has 0 aliphatic rings. The van der Waals surface area contributed by atoms with Gasteiger partial charge in [0.1, 0.15) is 11.6 Å². The third-order valence-electron chi connectivity index (χ3n) is 1.42. The second-order valence-electron chi connectivity index (χ2n) is 2.57. The van der Waals surface area contributed by atoms with Crippen LogP contribution in [0.2, 0.25) is 0 Å². The van der Waals surface area contributed by atoms with Crippen LogP contribution in [0.1, 0.15) is 5.56 Å². The van der Waals surface area contributed by atoms with Crippen LogP contribution in [0.15, 0.2) is 18.2 Å². The number of benzene rings is 1. The predicted molar refractivity (Wildman–Crippen MR) is 37.8 cm³/mol. The van der Waals surface area contributed by atoms with Crippen LogP contribution in [-0.4, -0.2) is 11.3 Å². The molecule has 0 saturated heterocycles. The quantitative estimate of drug-likeness (QED) is 0.681. The second kappa shape index (κ2) is 3.24. The van der Waals surface area contributed by atoms with Crippen molar-refractivity contribution in [1.29, 1.82) is 0 Å². The molecular formula is C8H6F4O. The van der Waals surface area contributed by atoms with E-state index in [9.17, 15) is 17.6 Å². The minimum Gasteiger partial charge on any atom is -0.508 e. The summed E-state index contributed by atoms with van der Waals surface area (Å²) in [5.41, 5.74) is -0.549. The van der Waals surface area contributed by atoms with Gasteiger partial charge >= 0.3 is 6.18 Å². The van der Waals surface area contributed by atoms with E-state index in [1.165, 1.54) is 0 Å². The fourth-order valence-electron chi connectivity index (χ4n) is 0.913. The van der Waals surface area contributed by atoms with Gasteiger partial charge in [-0.15, -0.1) is 0 Å². The van der Waals surface area contributed by atoms with Crippen molar-refractivity contribution in [3.8, 4) is 5.75 Å². The van der Waals surface area contributed by atoms with Gasteiger partial charge in [0.25, 0.3) is 0 Å². The molecule has 0 amide bonds. The molecule has 0 unspecified atom stereocenters. The van der Waals surface area contributed by atoms with Gasteiger partial charge in [0.05, 0.1) is 6.42 Å². The summed E-state index contributed by atoms with van der Waals surface area (Å²) in [6.45, 7) is 0. The van der Waals surface area contributed by atoms with Gasteiger partial charge in [-0.1, -0.05) is 0 Å². The van der Waals surface area contributed by atoms with E-state index in [1.807, 2.05) is 0 Å². The van der Waals surface area contributed by atoms with E-state index >= 15 is 0 Å². The maximum atomic E-state index is 12.7. The molecule has 1 nitrogen and oxygen atoms in total. The van der Waals surface area contributed by atoms with Crippen molar-refractivity contribution < 1.29 is 22.7 Å². The minimum atomic E-state index is -4.46. The number of phenols is 1. The molecule has 0 atom stereocenters. The van der Waals surface area contributed by atoms with Crippen molar-refractivity contribution in [2.75, 3.05) is 0 Å². The zero-order chi connectivity index (χ0) is 10.1. The summed E-state index contributed by atoms with van der Waals surface area (Å²) in [4.78, 5) is 0. The lowest BCUT2D eigenvalue weighted by molar-refractivity contribution is -0.127. The fraction of sp³-hybridized carbons (Fsp3) is 0.250. The summed E-state index contributed by atoms with van der Waals surface area (Å²) in [6, 6.07) is 2.56. The first-order valence-electron chi connectivity index (χ1n) is 3.42. The molecule has 0 aliphatic carbocycles. The molecule has 0 aromatic heterocycles. The maximum Gasteiger partial charge on any atom is 0.393 e. The lowest BCUT2D eigenvalue weighted by Crippen LogP contribution is -2.12. The Morgan fingerprint density at radius 2 is 1.85 bits per heavy atom. The lowest BCUT2D eigenvalue weighted by atomic mass is 10.1. The summed E-state index contributed by atoms with van der Waals surface area (Å²) >= 11 is 0. The molecule has 13 heavy (non-hydrogen) atoms. The Labute approximate surface area is 71.6 Å². The molecule has 0 heterocycles. The van der Waals surface area contributed by atoms with Gasteiger partial charge in [0, 0.05) is 5.56 Å². The molecule has 0 aliphatic heterocycles. The van der Waals surface area contributed by atoms with Gasteiger partial charge in [0.2, 0.25) is 0 Å². The van der Waals surface area contributed by atoms with E-state index in [2.05, 4.69) is 0 Å². The van der Waals surface area contributed by atoms with Crippen LogP contribution >= 0.6 is 0 Å². The molecular weight excluding hydrogens is 188 g/mol. The summed E-state index contributed by atoms with van der Waals surface area (Å²) in [5, 5.41) is 8.80.